The maximum absolute atomic E-state index is 5.94. The van der Waals surface area contributed by atoms with E-state index in [0.717, 1.165) is 14.2 Å². The Labute approximate surface area is 85.1 Å². The fraction of sp³-hybridized carbons (Fsp3) is 0.250. The summed E-state index contributed by atoms with van der Waals surface area (Å²) in [4.78, 5) is 0. The van der Waals surface area contributed by atoms with E-state index in [0.29, 0.717) is 0 Å². The molecule has 0 aromatic heterocycles. The van der Waals surface area contributed by atoms with E-state index in [1.165, 1.54) is 0 Å². The summed E-state index contributed by atoms with van der Waals surface area (Å²) in [5, 5.41) is 0.756. The Bertz CT molecular complexity index is 260. The third kappa shape index (κ3) is 2.32. The fourth-order valence-electron chi connectivity index (χ4n) is 0.871. The summed E-state index contributed by atoms with van der Waals surface area (Å²) in [5.41, 5.74) is 6.68. The van der Waals surface area contributed by atoms with Crippen molar-refractivity contribution in [3.63, 3.8) is 0 Å². The normalized spacial score (nSPS) is 13.1. The van der Waals surface area contributed by atoms with Crippen molar-refractivity contribution in [3.05, 3.63) is 32.4 Å². The first-order valence-electron chi connectivity index (χ1n) is 3.32. The van der Waals surface area contributed by atoms with Crippen molar-refractivity contribution >= 4 is 34.2 Å². The highest BCUT2D eigenvalue weighted by Crippen LogP contribution is 2.23. The molecule has 1 unspecified atom stereocenters. The zero-order chi connectivity index (χ0) is 8.43. The van der Waals surface area contributed by atoms with Gasteiger partial charge < -0.3 is 5.73 Å². The first kappa shape index (κ1) is 9.29. The second-order valence-corrected chi connectivity index (χ2v) is 4.11. The van der Waals surface area contributed by atoms with Crippen LogP contribution in [0.25, 0.3) is 0 Å². The zero-order valence-electron chi connectivity index (χ0n) is 6.14. The van der Waals surface area contributed by atoms with E-state index >= 15 is 0 Å². The molecular formula is C8H9ClIN. The Morgan fingerprint density at radius 2 is 2.18 bits per heavy atom. The maximum atomic E-state index is 5.94. The van der Waals surface area contributed by atoms with Crippen LogP contribution in [0.5, 0.6) is 0 Å². The summed E-state index contributed by atoms with van der Waals surface area (Å²) < 4.78 is 1.14. The van der Waals surface area contributed by atoms with Crippen LogP contribution in [0.3, 0.4) is 0 Å². The Hall–Kier alpha value is 0.200. The van der Waals surface area contributed by atoms with E-state index in [1.54, 1.807) is 0 Å². The van der Waals surface area contributed by atoms with E-state index in [-0.39, 0.29) is 6.04 Å². The molecule has 11 heavy (non-hydrogen) atoms. The minimum Gasteiger partial charge on any atom is -0.324 e. The SMILES string of the molecule is CC(N)c1ccc(I)cc1Cl. The van der Waals surface area contributed by atoms with Gasteiger partial charge in [-0.05, 0) is 47.2 Å². The summed E-state index contributed by atoms with van der Waals surface area (Å²) in [6, 6.07) is 5.90. The molecule has 1 aromatic rings. The molecule has 3 heteroatoms. The number of halogens is 2. The van der Waals surface area contributed by atoms with Gasteiger partial charge in [-0.3, -0.25) is 0 Å². The van der Waals surface area contributed by atoms with E-state index in [2.05, 4.69) is 22.6 Å². The fourth-order valence-corrected chi connectivity index (χ4v) is 1.90. The van der Waals surface area contributed by atoms with Gasteiger partial charge in [-0.1, -0.05) is 17.7 Å². The molecule has 0 heterocycles. The standard InChI is InChI=1S/C8H9ClIN/c1-5(11)7-3-2-6(10)4-8(7)9/h2-5H,11H2,1H3. The van der Waals surface area contributed by atoms with Gasteiger partial charge in [0.1, 0.15) is 0 Å². The largest absolute Gasteiger partial charge is 0.324 e. The number of benzene rings is 1. The van der Waals surface area contributed by atoms with Crippen molar-refractivity contribution < 1.29 is 0 Å². The topological polar surface area (TPSA) is 26.0 Å². The van der Waals surface area contributed by atoms with E-state index in [4.69, 9.17) is 17.3 Å². The van der Waals surface area contributed by atoms with Crippen LogP contribution < -0.4 is 5.73 Å². The van der Waals surface area contributed by atoms with Crippen LogP contribution in [0.4, 0.5) is 0 Å². The number of hydrogen-bond donors (Lipinski definition) is 1. The predicted molar refractivity (Wildman–Crippen MR) is 56.8 cm³/mol. The summed E-state index contributed by atoms with van der Waals surface area (Å²) in [6.45, 7) is 1.92. The van der Waals surface area contributed by atoms with Gasteiger partial charge in [-0.25, -0.2) is 0 Å². The molecule has 0 aliphatic rings. The van der Waals surface area contributed by atoms with Gasteiger partial charge in [0.05, 0.1) is 0 Å². The van der Waals surface area contributed by atoms with Crippen LogP contribution in [0.2, 0.25) is 5.02 Å². The molecule has 1 nitrogen and oxygen atoms in total. The monoisotopic (exact) mass is 281 g/mol. The smallest absolute Gasteiger partial charge is 0.0464 e. The molecule has 0 bridgehead atoms. The van der Waals surface area contributed by atoms with Gasteiger partial charge in [-0.15, -0.1) is 0 Å². The van der Waals surface area contributed by atoms with Gasteiger partial charge in [0, 0.05) is 14.6 Å². The average molecular weight is 282 g/mol. The summed E-state index contributed by atoms with van der Waals surface area (Å²) in [6.07, 6.45) is 0. The lowest BCUT2D eigenvalue weighted by molar-refractivity contribution is 0.818. The van der Waals surface area contributed by atoms with Gasteiger partial charge in [0.2, 0.25) is 0 Å². The third-order valence-electron chi connectivity index (χ3n) is 1.45. The Morgan fingerprint density at radius 3 is 2.64 bits per heavy atom. The highest BCUT2D eigenvalue weighted by atomic mass is 127. The lowest BCUT2D eigenvalue weighted by atomic mass is 10.1. The van der Waals surface area contributed by atoms with Crippen molar-refractivity contribution in [1.29, 1.82) is 0 Å². The quantitative estimate of drug-likeness (QED) is 0.787. The molecule has 0 saturated carbocycles. The number of rotatable bonds is 1. The Kier molecular flexibility index (Phi) is 3.16. The second kappa shape index (κ2) is 3.74. The van der Waals surface area contributed by atoms with E-state index in [9.17, 15) is 0 Å². The lowest BCUT2D eigenvalue weighted by Crippen LogP contribution is -2.05. The molecule has 0 saturated heterocycles. The van der Waals surface area contributed by atoms with Crippen LogP contribution in [0.1, 0.15) is 18.5 Å². The van der Waals surface area contributed by atoms with Crippen LogP contribution in [0, 0.1) is 3.57 Å². The van der Waals surface area contributed by atoms with Crippen molar-refractivity contribution in [1.82, 2.24) is 0 Å². The predicted octanol–water partition coefficient (Wildman–Crippen LogP) is 2.96. The van der Waals surface area contributed by atoms with Crippen molar-refractivity contribution in [2.24, 2.45) is 5.73 Å². The van der Waals surface area contributed by atoms with Crippen molar-refractivity contribution in [2.45, 2.75) is 13.0 Å². The third-order valence-corrected chi connectivity index (χ3v) is 2.45. The molecule has 1 aromatic carbocycles. The van der Waals surface area contributed by atoms with Crippen LogP contribution in [-0.2, 0) is 0 Å². The Balaban J connectivity index is 3.09. The number of hydrogen-bond acceptors (Lipinski definition) is 1. The molecule has 2 N–H and O–H groups in total. The molecule has 1 atom stereocenters. The minimum atomic E-state index is 0.0134. The highest BCUT2D eigenvalue weighted by Gasteiger charge is 2.03. The average Bonchev–Trinajstić information content (AvgIpc) is 1.85. The summed E-state index contributed by atoms with van der Waals surface area (Å²) in [7, 11) is 0. The maximum Gasteiger partial charge on any atom is 0.0464 e. The van der Waals surface area contributed by atoms with Crippen LogP contribution in [-0.4, -0.2) is 0 Å². The van der Waals surface area contributed by atoms with Crippen LogP contribution >= 0.6 is 34.2 Å². The van der Waals surface area contributed by atoms with E-state index < -0.39 is 0 Å². The van der Waals surface area contributed by atoms with Crippen LogP contribution in [0.15, 0.2) is 18.2 Å². The molecule has 0 fully saturated rings. The molecule has 0 aliphatic heterocycles. The first-order chi connectivity index (χ1) is 5.11. The van der Waals surface area contributed by atoms with Gasteiger partial charge >= 0.3 is 0 Å². The lowest BCUT2D eigenvalue weighted by Gasteiger charge is -2.07. The molecule has 60 valence electrons. The van der Waals surface area contributed by atoms with E-state index in [1.807, 2.05) is 25.1 Å². The zero-order valence-corrected chi connectivity index (χ0v) is 9.06. The minimum absolute atomic E-state index is 0.0134. The molecule has 0 radical (unpaired) electrons. The second-order valence-electron chi connectivity index (χ2n) is 2.45. The molecule has 1 rings (SSSR count). The summed E-state index contributed by atoms with van der Waals surface area (Å²) >= 11 is 8.16. The first-order valence-corrected chi connectivity index (χ1v) is 4.77. The van der Waals surface area contributed by atoms with Gasteiger partial charge in [-0.2, -0.15) is 0 Å². The summed E-state index contributed by atoms with van der Waals surface area (Å²) in [5.74, 6) is 0. The van der Waals surface area contributed by atoms with Gasteiger partial charge in [0.15, 0.2) is 0 Å². The molecule has 0 spiro atoms. The molecule has 0 aliphatic carbocycles. The molecular weight excluding hydrogens is 272 g/mol. The van der Waals surface area contributed by atoms with Gasteiger partial charge in [0.25, 0.3) is 0 Å². The van der Waals surface area contributed by atoms with Crippen molar-refractivity contribution in [2.75, 3.05) is 0 Å². The molecule has 0 amide bonds. The number of nitrogens with two attached hydrogens (primary N) is 1. The van der Waals surface area contributed by atoms with Crippen molar-refractivity contribution in [3.8, 4) is 0 Å². The highest BCUT2D eigenvalue weighted by molar-refractivity contribution is 14.1. The Morgan fingerprint density at radius 1 is 1.55 bits per heavy atom.